The number of ether oxygens (including phenoxy) is 1. The summed E-state index contributed by atoms with van der Waals surface area (Å²) in [7, 11) is 1.71. The second-order valence-corrected chi connectivity index (χ2v) is 5.66. The van der Waals surface area contributed by atoms with Crippen molar-refractivity contribution in [1.82, 2.24) is 9.88 Å². The molecular weight excluding hydrogens is 256 g/mol. The first-order chi connectivity index (χ1) is 9.11. The number of H-pyrrole nitrogens is 1. The number of methoxy groups -OCH3 is 1. The fraction of sp³-hybridized carbons (Fsp3) is 0.400. The molecule has 2 aromatic rings. The first-order valence-electron chi connectivity index (χ1n) is 6.57. The minimum absolute atomic E-state index is 0.319. The van der Waals surface area contributed by atoms with Crippen molar-refractivity contribution in [3.63, 3.8) is 0 Å². The van der Waals surface area contributed by atoms with E-state index in [0.29, 0.717) is 6.04 Å². The first kappa shape index (κ1) is 12.5. The number of rotatable bonds is 1. The van der Waals surface area contributed by atoms with E-state index in [0.717, 1.165) is 23.7 Å². The number of nitrogens with zero attached hydrogens (tertiary/aromatic N) is 1. The number of hydrogen-bond acceptors (Lipinski definition) is 2. The lowest BCUT2D eigenvalue weighted by atomic mass is 9.98. The van der Waals surface area contributed by atoms with Gasteiger partial charge in [0.05, 0.1) is 18.1 Å². The molecule has 1 aromatic heterocycles. The smallest absolute Gasteiger partial charge is 0.119 e. The number of aromatic amines is 1. The lowest BCUT2D eigenvalue weighted by Crippen LogP contribution is -2.36. The van der Waals surface area contributed by atoms with Crippen LogP contribution in [0.15, 0.2) is 18.2 Å². The summed E-state index contributed by atoms with van der Waals surface area (Å²) in [6.07, 6.45) is 1.03. The van der Waals surface area contributed by atoms with Crippen molar-refractivity contribution in [3.8, 4) is 5.75 Å². The largest absolute Gasteiger partial charge is 0.497 e. The van der Waals surface area contributed by atoms with Crippen LogP contribution in [0.25, 0.3) is 10.9 Å². The molecule has 1 N–H and O–H groups in total. The Labute approximate surface area is 118 Å². The van der Waals surface area contributed by atoms with Gasteiger partial charge in [0.1, 0.15) is 5.75 Å². The fourth-order valence-electron chi connectivity index (χ4n) is 3.01. The molecule has 19 heavy (non-hydrogen) atoms. The Balaban J connectivity index is 2.13. The number of benzene rings is 1. The van der Waals surface area contributed by atoms with Gasteiger partial charge in [0.2, 0.25) is 0 Å². The van der Waals surface area contributed by atoms with E-state index >= 15 is 0 Å². The van der Waals surface area contributed by atoms with Crippen molar-refractivity contribution >= 4 is 28.1 Å². The molecule has 100 valence electrons. The molecule has 1 aliphatic rings. The highest BCUT2D eigenvalue weighted by atomic mass is 32.1. The van der Waals surface area contributed by atoms with Gasteiger partial charge in [-0.1, -0.05) is 12.2 Å². The molecule has 0 radical (unpaired) electrons. The highest BCUT2D eigenvalue weighted by Crippen LogP contribution is 2.35. The Kier molecular flexibility index (Phi) is 2.97. The van der Waals surface area contributed by atoms with Crippen LogP contribution in [0.4, 0.5) is 0 Å². The monoisotopic (exact) mass is 274 g/mol. The van der Waals surface area contributed by atoms with Gasteiger partial charge in [-0.25, -0.2) is 0 Å². The van der Waals surface area contributed by atoms with E-state index in [2.05, 4.69) is 28.9 Å². The molecule has 3 rings (SSSR count). The Morgan fingerprint density at radius 3 is 2.95 bits per heavy atom. The number of nitrogens with one attached hydrogen (secondary N) is 1. The molecule has 1 unspecified atom stereocenters. The molecule has 0 bridgehead atoms. The zero-order valence-corrected chi connectivity index (χ0v) is 12.3. The predicted octanol–water partition coefficient (Wildman–Crippen LogP) is 3.44. The molecule has 1 aliphatic heterocycles. The van der Waals surface area contributed by atoms with E-state index in [1.54, 1.807) is 7.11 Å². The van der Waals surface area contributed by atoms with Crippen LogP contribution >= 0.6 is 12.2 Å². The van der Waals surface area contributed by atoms with Crippen molar-refractivity contribution in [2.24, 2.45) is 0 Å². The van der Waals surface area contributed by atoms with Crippen LogP contribution in [0, 0.1) is 0 Å². The summed E-state index contributed by atoms with van der Waals surface area (Å²) in [6.45, 7) is 5.20. The average molecular weight is 274 g/mol. The van der Waals surface area contributed by atoms with Crippen molar-refractivity contribution in [2.45, 2.75) is 26.3 Å². The third kappa shape index (κ3) is 1.91. The minimum atomic E-state index is 0.319. The SMILES string of the molecule is COc1ccc2[nH]c3c(c2c1)CCN(C(C)=S)C3C. The van der Waals surface area contributed by atoms with Crippen LogP contribution in [-0.4, -0.2) is 28.5 Å². The maximum absolute atomic E-state index is 5.33. The Bertz CT molecular complexity index is 647. The summed E-state index contributed by atoms with van der Waals surface area (Å²) in [5, 5.41) is 1.28. The topological polar surface area (TPSA) is 28.3 Å². The number of fused-ring (bicyclic) bond motifs is 3. The second-order valence-electron chi connectivity index (χ2n) is 5.07. The molecule has 0 aliphatic carbocycles. The Morgan fingerprint density at radius 1 is 1.47 bits per heavy atom. The number of hydrogen-bond donors (Lipinski definition) is 1. The van der Waals surface area contributed by atoms with Gasteiger partial charge in [0, 0.05) is 23.1 Å². The third-order valence-corrected chi connectivity index (χ3v) is 4.27. The molecule has 0 saturated heterocycles. The van der Waals surface area contributed by atoms with Gasteiger partial charge in [-0.05, 0) is 44.0 Å². The molecule has 1 atom stereocenters. The van der Waals surface area contributed by atoms with Crippen molar-refractivity contribution in [2.75, 3.05) is 13.7 Å². The normalized spacial score (nSPS) is 18.5. The molecule has 4 heteroatoms. The van der Waals surface area contributed by atoms with E-state index < -0.39 is 0 Å². The van der Waals surface area contributed by atoms with E-state index in [1.807, 2.05) is 13.0 Å². The van der Waals surface area contributed by atoms with E-state index in [-0.39, 0.29) is 0 Å². The van der Waals surface area contributed by atoms with Crippen LogP contribution in [0.1, 0.15) is 31.1 Å². The zero-order chi connectivity index (χ0) is 13.6. The van der Waals surface area contributed by atoms with Crippen LogP contribution in [0.2, 0.25) is 0 Å². The quantitative estimate of drug-likeness (QED) is 0.807. The lowest BCUT2D eigenvalue weighted by molar-refractivity contribution is 0.318. The average Bonchev–Trinajstić information content (AvgIpc) is 2.77. The zero-order valence-electron chi connectivity index (χ0n) is 11.5. The summed E-state index contributed by atoms with van der Waals surface area (Å²) < 4.78 is 5.32. The van der Waals surface area contributed by atoms with Crippen molar-refractivity contribution < 1.29 is 4.74 Å². The van der Waals surface area contributed by atoms with Crippen LogP contribution in [0.3, 0.4) is 0 Å². The van der Waals surface area contributed by atoms with Gasteiger partial charge < -0.3 is 14.6 Å². The van der Waals surface area contributed by atoms with Gasteiger partial charge in [-0.15, -0.1) is 0 Å². The van der Waals surface area contributed by atoms with Gasteiger partial charge in [0.15, 0.2) is 0 Å². The fourth-order valence-corrected chi connectivity index (χ4v) is 3.26. The molecule has 0 spiro atoms. The molecule has 0 fully saturated rings. The maximum atomic E-state index is 5.33. The number of aromatic nitrogens is 1. The van der Waals surface area contributed by atoms with Gasteiger partial charge in [-0.2, -0.15) is 0 Å². The van der Waals surface area contributed by atoms with Crippen LogP contribution < -0.4 is 4.74 Å². The van der Waals surface area contributed by atoms with Crippen molar-refractivity contribution in [3.05, 3.63) is 29.5 Å². The van der Waals surface area contributed by atoms with Gasteiger partial charge in [-0.3, -0.25) is 0 Å². The summed E-state index contributed by atoms with van der Waals surface area (Å²) >= 11 is 5.33. The third-order valence-electron chi connectivity index (χ3n) is 4.04. The van der Waals surface area contributed by atoms with Crippen LogP contribution in [0.5, 0.6) is 5.75 Å². The van der Waals surface area contributed by atoms with Crippen LogP contribution in [-0.2, 0) is 6.42 Å². The lowest BCUT2D eigenvalue weighted by Gasteiger charge is -2.34. The standard InChI is InChI=1S/C15H18N2OS/c1-9-15-12(6-7-17(9)10(2)19)13-8-11(18-3)4-5-14(13)16-15/h4-5,8-9,16H,6-7H2,1-3H3. The summed E-state index contributed by atoms with van der Waals surface area (Å²) in [6, 6.07) is 6.53. The molecule has 2 heterocycles. The summed E-state index contributed by atoms with van der Waals surface area (Å²) in [5.74, 6) is 0.912. The van der Waals surface area contributed by atoms with Gasteiger partial charge in [0.25, 0.3) is 0 Å². The highest BCUT2D eigenvalue weighted by molar-refractivity contribution is 7.80. The predicted molar refractivity (Wildman–Crippen MR) is 81.9 cm³/mol. The number of thiocarbonyl (C=S) groups is 1. The Morgan fingerprint density at radius 2 is 2.26 bits per heavy atom. The Hall–Kier alpha value is -1.55. The molecule has 1 aromatic carbocycles. The maximum Gasteiger partial charge on any atom is 0.119 e. The van der Waals surface area contributed by atoms with Gasteiger partial charge >= 0.3 is 0 Å². The first-order valence-corrected chi connectivity index (χ1v) is 6.98. The molecular formula is C15H18N2OS. The molecule has 0 amide bonds. The summed E-state index contributed by atoms with van der Waals surface area (Å²) in [5.41, 5.74) is 3.88. The molecule has 3 nitrogen and oxygen atoms in total. The highest BCUT2D eigenvalue weighted by Gasteiger charge is 2.27. The van der Waals surface area contributed by atoms with E-state index in [9.17, 15) is 0 Å². The van der Waals surface area contributed by atoms with E-state index in [4.69, 9.17) is 17.0 Å². The molecule has 0 saturated carbocycles. The summed E-state index contributed by atoms with van der Waals surface area (Å²) in [4.78, 5) is 6.79. The van der Waals surface area contributed by atoms with E-state index in [1.165, 1.54) is 22.2 Å². The van der Waals surface area contributed by atoms with Crippen molar-refractivity contribution in [1.29, 1.82) is 0 Å². The second kappa shape index (κ2) is 4.53. The minimum Gasteiger partial charge on any atom is -0.497 e.